The van der Waals surface area contributed by atoms with Gasteiger partial charge in [-0.15, -0.1) is 0 Å². The lowest BCUT2D eigenvalue weighted by Crippen LogP contribution is -2.38. The minimum Gasteiger partial charge on any atom is -0.348 e. The molecule has 1 aliphatic carbocycles. The monoisotopic (exact) mass is 303 g/mol. The second kappa shape index (κ2) is 6.06. The Labute approximate surface area is 128 Å². The first kappa shape index (κ1) is 14.4. The van der Waals surface area contributed by atoms with Gasteiger partial charge in [0.05, 0.1) is 0 Å². The molecule has 2 nitrogen and oxygen atoms in total. The van der Waals surface area contributed by atoms with Crippen molar-refractivity contribution >= 4 is 28.4 Å². The molecule has 0 spiro atoms. The van der Waals surface area contributed by atoms with E-state index in [-0.39, 0.29) is 17.8 Å². The van der Waals surface area contributed by atoms with Crippen LogP contribution in [0.25, 0.3) is 10.8 Å². The van der Waals surface area contributed by atoms with E-state index >= 15 is 0 Å². The molecule has 0 saturated heterocycles. The maximum absolute atomic E-state index is 13.8. The third kappa shape index (κ3) is 2.77. The van der Waals surface area contributed by atoms with Crippen LogP contribution in [0.1, 0.15) is 29.6 Å². The van der Waals surface area contributed by atoms with Gasteiger partial charge in [0.15, 0.2) is 0 Å². The fraction of sp³-hybridized carbons (Fsp3) is 0.353. The average molecular weight is 303 g/mol. The highest BCUT2D eigenvalue weighted by Crippen LogP contribution is 2.29. The molecular formula is C17H18FNOS. The van der Waals surface area contributed by atoms with Gasteiger partial charge in [-0.2, -0.15) is 11.8 Å². The minimum atomic E-state index is -0.287. The summed E-state index contributed by atoms with van der Waals surface area (Å²) < 4.78 is 13.8. The van der Waals surface area contributed by atoms with Crippen molar-refractivity contribution < 1.29 is 9.18 Å². The standard InChI is InChI=1S/C17H18FNOS/c1-21-16-8-4-7-15(16)19-17(20)13-9-10-14(18)12-6-3-2-5-11(12)13/h2-3,5-6,9-10,15-16H,4,7-8H2,1H3,(H,19,20). The summed E-state index contributed by atoms with van der Waals surface area (Å²) in [5.41, 5.74) is 0.554. The Balaban J connectivity index is 1.90. The Bertz CT molecular complexity index is 673. The van der Waals surface area contributed by atoms with Crippen molar-refractivity contribution in [2.45, 2.75) is 30.6 Å². The van der Waals surface area contributed by atoms with Crippen molar-refractivity contribution in [3.63, 3.8) is 0 Å². The fourth-order valence-electron chi connectivity index (χ4n) is 3.08. The Morgan fingerprint density at radius 3 is 2.71 bits per heavy atom. The smallest absolute Gasteiger partial charge is 0.252 e. The molecule has 0 aromatic heterocycles. The number of carbonyl (C=O) groups excluding carboxylic acids is 1. The molecule has 4 heteroatoms. The summed E-state index contributed by atoms with van der Waals surface area (Å²) in [7, 11) is 0. The van der Waals surface area contributed by atoms with Crippen molar-refractivity contribution in [3.8, 4) is 0 Å². The van der Waals surface area contributed by atoms with Gasteiger partial charge in [0, 0.05) is 22.2 Å². The van der Waals surface area contributed by atoms with E-state index in [0.717, 1.165) is 19.3 Å². The summed E-state index contributed by atoms with van der Waals surface area (Å²) in [6.07, 6.45) is 5.41. The summed E-state index contributed by atoms with van der Waals surface area (Å²) in [6.45, 7) is 0. The van der Waals surface area contributed by atoms with Gasteiger partial charge in [-0.05, 0) is 36.6 Å². The first-order valence-corrected chi connectivity index (χ1v) is 8.50. The summed E-state index contributed by atoms with van der Waals surface area (Å²) in [6, 6.07) is 10.3. The van der Waals surface area contributed by atoms with Crippen LogP contribution in [0.5, 0.6) is 0 Å². The van der Waals surface area contributed by atoms with Crippen LogP contribution in [0.2, 0.25) is 0 Å². The van der Waals surface area contributed by atoms with Gasteiger partial charge in [-0.25, -0.2) is 4.39 Å². The van der Waals surface area contributed by atoms with Crippen LogP contribution in [0.4, 0.5) is 4.39 Å². The van der Waals surface area contributed by atoms with Crippen molar-refractivity contribution in [2.75, 3.05) is 6.26 Å². The Hall–Kier alpha value is -1.55. The van der Waals surface area contributed by atoms with Crippen molar-refractivity contribution in [1.29, 1.82) is 0 Å². The van der Waals surface area contributed by atoms with E-state index in [1.807, 2.05) is 17.8 Å². The normalized spacial score (nSPS) is 21.6. The molecule has 2 aromatic carbocycles. The topological polar surface area (TPSA) is 29.1 Å². The lowest BCUT2D eigenvalue weighted by Gasteiger charge is -2.19. The number of rotatable bonds is 3. The highest BCUT2D eigenvalue weighted by Gasteiger charge is 2.28. The SMILES string of the molecule is CSC1CCCC1NC(=O)c1ccc(F)c2ccccc12. The first-order chi connectivity index (χ1) is 10.2. The van der Waals surface area contributed by atoms with Crippen molar-refractivity contribution in [1.82, 2.24) is 5.32 Å². The van der Waals surface area contributed by atoms with E-state index in [1.165, 1.54) is 6.07 Å². The molecule has 0 heterocycles. The first-order valence-electron chi connectivity index (χ1n) is 7.21. The predicted molar refractivity (Wildman–Crippen MR) is 86.3 cm³/mol. The number of carbonyl (C=O) groups is 1. The summed E-state index contributed by atoms with van der Waals surface area (Å²) >= 11 is 1.81. The molecule has 110 valence electrons. The predicted octanol–water partition coefficient (Wildman–Crippen LogP) is 3.99. The molecule has 1 fully saturated rings. The van der Waals surface area contributed by atoms with Crippen LogP contribution >= 0.6 is 11.8 Å². The Kier molecular flexibility index (Phi) is 4.15. The zero-order chi connectivity index (χ0) is 14.8. The van der Waals surface area contributed by atoms with Crippen LogP contribution < -0.4 is 5.32 Å². The molecule has 0 radical (unpaired) electrons. The number of amides is 1. The summed E-state index contributed by atoms with van der Waals surface area (Å²) in [5.74, 6) is -0.387. The number of benzene rings is 2. The number of hydrogen-bond donors (Lipinski definition) is 1. The van der Waals surface area contributed by atoms with E-state index < -0.39 is 0 Å². The number of halogens is 1. The van der Waals surface area contributed by atoms with Gasteiger partial charge in [-0.3, -0.25) is 4.79 Å². The molecular weight excluding hydrogens is 285 g/mol. The molecule has 2 aromatic rings. The molecule has 2 atom stereocenters. The quantitative estimate of drug-likeness (QED) is 0.929. The Morgan fingerprint density at radius 1 is 1.19 bits per heavy atom. The van der Waals surface area contributed by atoms with Crippen LogP contribution in [0.15, 0.2) is 36.4 Å². The van der Waals surface area contributed by atoms with E-state index in [2.05, 4.69) is 11.6 Å². The van der Waals surface area contributed by atoms with E-state index in [9.17, 15) is 9.18 Å². The second-order valence-electron chi connectivity index (χ2n) is 5.43. The second-order valence-corrected chi connectivity index (χ2v) is 6.50. The van der Waals surface area contributed by atoms with E-state index in [0.29, 0.717) is 21.6 Å². The minimum absolute atomic E-state index is 0.0999. The highest BCUT2D eigenvalue weighted by molar-refractivity contribution is 7.99. The molecule has 2 unspecified atom stereocenters. The van der Waals surface area contributed by atoms with Crippen molar-refractivity contribution in [2.24, 2.45) is 0 Å². The van der Waals surface area contributed by atoms with E-state index in [1.54, 1.807) is 24.3 Å². The van der Waals surface area contributed by atoms with Crippen LogP contribution in [-0.2, 0) is 0 Å². The number of nitrogens with one attached hydrogen (secondary N) is 1. The van der Waals surface area contributed by atoms with E-state index in [4.69, 9.17) is 0 Å². The van der Waals surface area contributed by atoms with Crippen LogP contribution in [0, 0.1) is 5.82 Å². The molecule has 21 heavy (non-hydrogen) atoms. The number of fused-ring (bicyclic) bond motifs is 1. The maximum Gasteiger partial charge on any atom is 0.252 e. The van der Waals surface area contributed by atoms with Gasteiger partial charge >= 0.3 is 0 Å². The van der Waals surface area contributed by atoms with Gasteiger partial charge in [-0.1, -0.05) is 30.7 Å². The zero-order valence-electron chi connectivity index (χ0n) is 11.9. The van der Waals surface area contributed by atoms with Gasteiger partial charge in [0.25, 0.3) is 5.91 Å². The molecule has 3 rings (SSSR count). The molecule has 1 amide bonds. The molecule has 0 aliphatic heterocycles. The lowest BCUT2D eigenvalue weighted by molar-refractivity contribution is 0.0940. The Morgan fingerprint density at radius 2 is 1.95 bits per heavy atom. The van der Waals surface area contributed by atoms with Crippen molar-refractivity contribution in [3.05, 3.63) is 47.8 Å². The average Bonchev–Trinajstić information content (AvgIpc) is 2.95. The van der Waals surface area contributed by atoms with Gasteiger partial charge in [0.2, 0.25) is 0 Å². The lowest BCUT2D eigenvalue weighted by atomic mass is 10.0. The molecule has 0 bridgehead atoms. The largest absolute Gasteiger partial charge is 0.348 e. The van der Waals surface area contributed by atoms with Gasteiger partial charge < -0.3 is 5.32 Å². The highest BCUT2D eigenvalue weighted by atomic mass is 32.2. The summed E-state index contributed by atoms with van der Waals surface area (Å²) in [4.78, 5) is 12.5. The molecule has 1 aliphatic rings. The third-order valence-electron chi connectivity index (χ3n) is 4.19. The van der Waals surface area contributed by atoms with Gasteiger partial charge in [0.1, 0.15) is 5.82 Å². The summed E-state index contributed by atoms with van der Waals surface area (Å²) in [5, 5.41) is 4.79. The van der Waals surface area contributed by atoms with Crippen LogP contribution in [0.3, 0.4) is 0 Å². The van der Waals surface area contributed by atoms with Crippen LogP contribution in [-0.4, -0.2) is 23.5 Å². The molecule has 1 N–H and O–H groups in total. The molecule has 1 saturated carbocycles. The third-order valence-corrected chi connectivity index (χ3v) is 5.36. The fourth-order valence-corrected chi connectivity index (χ4v) is 4.01. The number of hydrogen-bond acceptors (Lipinski definition) is 2. The zero-order valence-corrected chi connectivity index (χ0v) is 12.8. The maximum atomic E-state index is 13.8. The number of thioether (sulfide) groups is 1.